The summed E-state index contributed by atoms with van der Waals surface area (Å²) in [6.07, 6.45) is -4.79. The Balaban J connectivity index is 1.66. The Kier molecular flexibility index (Phi) is 5.59. The minimum absolute atomic E-state index is 0.0647. The van der Waals surface area contributed by atoms with Gasteiger partial charge in [-0.15, -0.1) is 13.2 Å². The zero-order valence-corrected chi connectivity index (χ0v) is 15.0. The van der Waals surface area contributed by atoms with E-state index in [4.69, 9.17) is 0 Å². The fourth-order valence-corrected chi connectivity index (χ4v) is 3.20. The number of alkyl halides is 3. The predicted octanol–water partition coefficient (Wildman–Crippen LogP) is 4.03. The number of imide groups is 1. The number of ether oxygens (including phenoxy) is 1. The molecule has 1 saturated heterocycles. The van der Waals surface area contributed by atoms with Crippen molar-refractivity contribution in [3.05, 3.63) is 59.7 Å². The first-order valence-corrected chi connectivity index (χ1v) is 8.93. The number of carbonyl (C=O) groups is 3. The maximum absolute atomic E-state index is 12.4. The second-order valence-electron chi connectivity index (χ2n) is 5.76. The van der Waals surface area contributed by atoms with Crippen molar-refractivity contribution in [2.75, 3.05) is 11.1 Å². The molecule has 1 aliphatic rings. The Morgan fingerprint density at radius 2 is 1.86 bits per heavy atom. The van der Waals surface area contributed by atoms with Crippen LogP contribution in [0.2, 0.25) is 0 Å². The van der Waals surface area contributed by atoms with Crippen LogP contribution in [-0.2, 0) is 11.3 Å². The number of halogens is 3. The molecule has 28 heavy (non-hydrogen) atoms. The van der Waals surface area contributed by atoms with Gasteiger partial charge in [0.15, 0.2) is 0 Å². The summed E-state index contributed by atoms with van der Waals surface area (Å²) < 4.78 is 40.3. The summed E-state index contributed by atoms with van der Waals surface area (Å²) in [5.74, 6) is -1.07. The molecule has 3 amide bonds. The number of thioether (sulfide) groups is 1. The highest BCUT2D eigenvalue weighted by Crippen LogP contribution is 2.24. The van der Waals surface area contributed by atoms with Crippen LogP contribution in [0.1, 0.15) is 15.9 Å². The van der Waals surface area contributed by atoms with Crippen LogP contribution in [0.15, 0.2) is 48.5 Å². The van der Waals surface area contributed by atoms with Crippen LogP contribution in [0.4, 0.5) is 23.7 Å². The summed E-state index contributed by atoms with van der Waals surface area (Å²) >= 11 is 0.927. The van der Waals surface area contributed by atoms with Gasteiger partial charge in [0.2, 0.25) is 5.91 Å². The lowest BCUT2D eigenvalue weighted by Gasteiger charge is -2.13. The van der Waals surface area contributed by atoms with E-state index in [0.29, 0.717) is 5.56 Å². The van der Waals surface area contributed by atoms with E-state index < -0.39 is 18.0 Å². The summed E-state index contributed by atoms with van der Waals surface area (Å²) in [5.41, 5.74) is 1.16. The first-order valence-electron chi connectivity index (χ1n) is 7.94. The minimum atomic E-state index is -4.79. The zero-order valence-electron chi connectivity index (χ0n) is 14.2. The molecule has 0 radical (unpaired) electrons. The van der Waals surface area contributed by atoms with Crippen LogP contribution in [0, 0.1) is 0 Å². The van der Waals surface area contributed by atoms with Crippen LogP contribution in [-0.4, -0.2) is 34.1 Å². The van der Waals surface area contributed by atoms with E-state index in [1.165, 1.54) is 12.1 Å². The maximum atomic E-state index is 12.4. The Morgan fingerprint density at radius 1 is 1.14 bits per heavy atom. The molecule has 1 heterocycles. The number of amides is 3. The molecule has 0 aromatic heterocycles. The van der Waals surface area contributed by atoms with E-state index in [2.05, 4.69) is 10.1 Å². The highest BCUT2D eigenvalue weighted by atomic mass is 32.2. The van der Waals surface area contributed by atoms with Crippen molar-refractivity contribution in [1.29, 1.82) is 0 Å². The molecule has 146 valence electrons. The monoisotopic (exact) mass is 410 g/mol. The molecular weight excluding hydrogens is 397 g/mol. The third-order valence-electron chi connectivity index (χ3n) is 3.72. The molecule has 0 aliphatic carbocycles. The van der Waals surface area contributed by atoms with Gasteiger partial charge in [-0.2, -0.15) is 0 Å². The Morgan fingerprint density at radius 3 is 2.46 bits per heavy atom. The lowest BCUT2D eigenvalue weighted by atomic mass is 10.1. The van der Waals surface area contributed by atoms with Crippen molar-refractivity contribution in [3.63, 3.8) is 0 Å². The fraction of sp³-hybridized carbons (Fsp3) is 0.167. The third kappa shape index (κ3) is 5.03. The molecular formula is C18H13F3N2O4S. The highest BCUT2D eigenvalue weighted by molar-refractivity contribution is 8.14. The summed E-state index contributed by atoms with van der Waals surface area (Å²) in [5, 5.41) is 2.23. The molecule has 0 saturated carbocycles. The van der Waals surface area contributed by atoms with Gasteiger partial charge in [-0.3, -0.25) is 19.3 Å². The van der Waals surface area contributed by atoms with Crippen molar-refractivity contribution < 1.29 is 32.3 Å². The quantitative estimate of drug-likeness (QED) is 0.806. The van der Waals surface area contributed by atoms with Gasteiger partial charge < -0.3 is 10.1 Å². The first kappa shape index (κ1) is 19.7. The van der Waals surface area contributed by atoms with Crippen LogP contribution >= 0.6 is 11.8 Å². The van der Waals surface area contributed by atoms with Crippen LogP contribution in [0.25, 0.3) is 0 Å². The second kappa shape index (κ2) is 7.93. The topological polar surface area (TPSA) is 75.7 Å². The molecule has 2 aromatic carbocycles. The van der Waals surface area contributed by atoms with Crippen molar-refractivity contribution >= 4 is 34.5 Å². The average Bonchev–Trinajstić information content (AvgIpc) is 2.94. The summed E-state index contributed by atoms with van der Waals surface area (Å²) in [6.45, 7) is 0.0647. The van der Waals surface area contributed by atoms with E-state index in [1.807, 2.05) is 0 Å². The molecule has 1 aliphatic heterocycles. The number of anilines is 1. The van der Waals surface area contributed by atoms with Crippen molar-refractivity contribution in [2.45, 2.75) is 12.9 Å². The largest absolute Gasteiger partial charge is 0.573 e. The third-order valence-corrected chi connectivity index (χ3v) is 4.57. The van der Waals surface area contributed by atoms with Gasteiger partial charge in [-0.05, 0) is 42.0 Å². The van der Waals surface area contributed by atoms with E-state index >= 15 is 0 Å². The number of nitrogens with zero attached hydrogens (tertiary/aromatic N) is 1. The first-order chi connectivity index (χ1) is 13.2. The normalized spacial score (nSPS) is 14.3. The van der Waals surface area contributed by atoms with Gasteiger partial charge in [0.05, 0.1) is 12.3 Å². The van der Waals surface area contributed by atoms with Gasteiger partial charge >= 0.3 is 6.36 Å². The molecule has 1 fully saturated rings. The van der Waals surface area contributed by atoms with E-state index in [9.17, 15) is 27.6 Å². The molecule has 3 rings (SSSR count). The van der Waals surface area contributed by atoms with Gasteiger partial charge in [-0.25, -0.2) is 0 Å². The number of hydrogen-bond donors (Lipinski definition) is 1. The van der Waals surface area contributed by atoms with Crippen molar-refractivity contribution in [3.8, 4) is 5.75 Å². The van der Waals surface area contributed by atoms with Gasteiger partial charge in [0.25, 0.3) is 11.1 Å². The molecule has 2 aromatic rings. The average molecular weight is 410 g/mol. The lowest BCUT2D eigenvalue weighted by Crippen LogP contribution is -2.28. The molecule has 0 unspecified atom stereocenters. The number of rotatable bonds is 5. The molecule has 0 spiro atoms. The van der Waals surface area contributed by atoms with Gasteiger partial charge in [-0.1, -0.05) is 23.9 Å². The Labute approximate surface area is 161 Å². The number of nitrogens with one attached hydrogen (secondary N) is 1. The van der Waals surface area contributed by atoms with Gasteiger partial charge in [0, 0.05) is 11.3 Å². The van der Waals surface area contributed by atoms with Crippen molar-refractivity contribution in [1.82, 2.24) is 4.90 Å². The minimum Gasteiger partial charge on any atom is -0.406 e. The summed E-state index contributed by atoms with van der Waals surface area (Å²) in [4.78, 5) is 36.8. The Bertz CT molecular complexity index is 900. The zero-order chi connectivity index (χ0) is 20.3. The number of hydrogen-bond acceptors (Lipinski definition) is 5. The highest BCUT2D eigenvalue weighted by Gasteiger charge is 2.31. The second-order valence-corrected chi connectivity index (χ2v) is 6.69. The van der Waals surface area contributed by atoms with Crippen LogP contribution < -0.4 is 10.1 Å². The maximum Gasteiger partial charge on any atom is 0.573 e. The van der Waals surface area contributed by atoms with E-state index in [1.54, 1.807) is 24.3 Å². The number of benzene rings is 2. The van der Waals surface area contributed by atoms with Crippen LogP contribution in [0.5, 0.6) is 5.75 Å². The SMILES string of the molecule is O=C(Nc1ccc(OC(F)(F)F)cc1)c1cccc(CN2C(=O)CSC2=O)c1. The Hall–Kier alpha value is -3.01. The lowest BCUT2D eigenvalue weighted by molar-refractivity contribution is -0.274. The number of carbonyl (C=O) groups excluding carboxylic acids is 3. The smallest absolute Gasteiger partial charge is 0.406 e. The molecule has 6 nitrogen and oxygen atoms in total. The summed E-state index contributed by atoms with van der Waals surface area (Å²) in [6, 6.07) is 11.1. The molecule has 1 N–H and O–H groups in total. The van der Waals surface area contributed by atoms with Gasteiger partial charge in [0.1, 0.15) is 5.75 Å². The molecule has 0 atom stereocenters. The summed E-state index contributed by atoms with van der Waals surface area (Å²) in [7, 11) is 0. The molecule has 10 heteroatoms. The fourth-order valence-electron chi connectivity index (χ4n) is 2.47. The molecule has 0 bridgehead atoms. The van der Waals surface area contributed by atoms with Crippen molar-refractivity contribution in [2.24, 2.45) is 0 Å². The van der Waals surface area contributed by atoms with Crippen LogP contribution in [0.3, 0.4) is 0 Å². The standard InChI is InChI=1S/C18H13F3N2O4S/c19-18(20,21)27-14-6-4-13(5-7-14)22-16(25)12-3-1-2-11(8-12)9-23-15(24)10-28-17(23)26/h1-8H,9-10H2,(H,22,25). The van der Waals surface area contributed by atoms with E-state index in [-0.39, 0.29) is 34.7 Å². The van der Waals surface area contributed by atoms with E-state index in [0.717, 1.165) is 28.8 Å². The predicted molar refractivity (Wildman–Crippen MR) is 95.9 cm³/mol.